The van der Waals surface area contributed by atoms with E-state index in [1.807, 2.05) is 0 Å². The number of fused-ring (bicyclic) bond motifs is 1. The Kier molecular flexibility index (Phi) is 10.3. The Labute approximate surface area is 215 Å². The van der Waals surface area contributed by atoms with Gasteiger partial charge in [0.1, 0.15) is 41.0 Å². The number of carboxylic acid groups (broad SMARTS) is 2. The number of amides is 1. The first-order valence-electron chi connectivity index (χ1n) is 11.2. The third kappa shape index (κ3) is 8.34. The van der Waals surface area contributed by atoms with E-state index >= 15 is 0 Å². The van der Waals surface area contributed by atoms with Crippen molar-refractivity contribution in [1.82, 2.24) is 5.32 Å². The number of carbonyl (C=O) groups excluding carboxylic acids is 2. The van der Waals surface area contributed by atoms with Crippen molar-refractivity contribution in [3.05, 3.63) is 52.9 Å². The fourth-order valence-electron chi connectivity index (χ4n) is 2.97. The van der Waals surface area contributed by atoms with Crippen LogP contribution in [0.1, 0.15) is 26.2 Å². The zero-order chi connectivity index (χ0) is 28.4. The van der Waals surface area contributed by atoms with Gasteiger partial charge in [0.15, 0.2) is 0 Å². The summed E-state index contributed by atoms with van der Waals surface area (Å²) < 4.78 is 10.5. The molecule has 0 fully saturated rings. The molecule has 202 valence electrons. The average molecular weight is 530 g/mol. The molecule has 1 aromatic heterocycles. The minimum Gasteiger partial charge on any atom is -0.508 e. The number of hydrogen-bond acceptors (Lipinski definition) is 10. The molecule has 7 N–H and O–H groups in total. The summed E-state index contributed by atoms with van der Waals surface area (Å²) in [5, 5.41) is 38.2. The summed E-state index contributed by atoms with van der Waals surface area (Å²) in [4.78, 5) is 56.5. The third-order valence-corrected chi connectivity index (χ3v) is 4.96. The predicted octanol–water partition coefficient (Wildman–Crippen LogP) is 1.57. The normalized spacial score (nSPS) is 11.1. The van der Waals surface area contributed by atoms with Crippen molar-refractivity contribution in [2.45, 2.75) is 32.2 Å². The van der Waals surface area contributed by atoms with E-state index in [1.165, 1.54) is 36.6 Å². The molecule has 0 spiro atoms. The van der Waals surface area contributed by atoms with Crippen LogP contribution in [0, 0.1) is 0 Å². The zero-order valence-electron chi connectivity index (χ0n) is 20.2. The fourth-order valence-corrected chi connectivity index (χ4v) is 2.97. The van der Waals surface area contributed by atoms with Gasteiger partial charge < -0.3 is 40.6 Å². The van der Waals surface area contributed by atoms with E-state index in [-0.39, 0.29) is 47.3 Å². The van der Waals surface area contributed by atoms with Gasteiger partial charge in [-0.2, -0.15) is 0 Å². The maximum atomic E-state index is 12.8. The smallest absolute Gasteiger partial charge is 0.330 e. The van der Waals surface area contributed by atoms with E-state index in [0.717, 1.165) is 6.07 Å². The number of aliphatic carboxylic acids is 2. The van der Waals surface area contributed by atoms with Crippen LogP contribution in [0.15, 0.2) is 51.9 Å². The second-order valence-corrected chi connectivity index (χ2v) is 7.82. The predicted molar refractivity (Wildman–Crippen MR) is 133 cm³/mol. The number of rotatable bonds is 9. The largest absolute Gasteiger partial charge is 0.508 e. The highest BCUT2D eigenvalue weighted by Gasteiger charge is 2.18. The second-order valence-electron chi connectivity index (χ2n) is 7.82. The van der Waals surface area contributed by atoms with E-state index in [9.17, 15) is 34.2 Å². The SMILES string of the molecule is CCC(=O)O.NC(CCC(=O)O)C(=O)NCC(=O)Oc1cc(O)c2c(=O)c(-c3ccc(O)cc3)coc2c1. The van der Waals surface area contributed by atoms with Gasteiger partial charge in [0.25, 0.3) is 0 Å². The van der Waals surface area contributed by atoms with Crippen molar-refractivity contribution in [2.75, 3.05) is 6.54 Å². The van der Waals surface area contributed by atoms with Crippen molar-refractivity contribution in [3.8, 4) is 28.4 Å². The van der Waals surface area contributed by atoms with Crippen LogP contribution in [-0.4, -0.2) is 56.8 Å². The summed E-state index contributed by atoms with van der Waals surface area (Å²) in [6, 6.07) is 7.02. The maximum Gasteiger partial charge on any atom is 0.330 e. The first-order valence-corrected chi connectivity index (χ1v) is 11.2. The lowest BCUT2D eigenvalue weighted by molar-refractivity contribution is -0.138. The standard InChI is InChI=1S/C22H20N2O9.C3H6O2/c23-15(5-6-18(27)28)22(31)24-9-19(29)33-13-7-16(26)20-17(8-13)32-10-14(21(20)30)11-1-3-12(25)4-2-11;1-2-3(4)5/h1-4,7-8,10,15,25-26H,5-6,9,23H2,(H,24,31)(H,27,28);2H2,1H3,(H,4,5). The highest BCUT2D eigenvalue weighted by molar-refractivity contribution is 5.90. The number of carboxylic acids is 2. The van der Waals surface area contributed by atoms with Crippen LogP contribution in [0.25, 0.3) is 22.1 Å². The molecule has 3 aromatic rings. The van der Waals surface area contributed by atoms with Crippen LogP contribution in [0.2, 0.25) is 0 Å². The van der Waals surface area contributed by atoms with Gasteiger partial charge >= 0.3 is 17.9 Å². The van der Waals surface area contributed by atoms with E-state index in [1.54, 1.807) is 6.92 Å². The zero-order valence-corrected chi connectivity index (χ0v) is 20.2. The quantitative estimate of drug-likeness (QED) is 0.171. The molecule has 38 heavy (non-hydrogen) atoms. The molecule has 1 amide bonds. The lowest BCUT2D eigenvalue weighted by atomic mass is 10.0. The highest BCUT2D eigenvalue weighted by Crippen LogP contribution is 2.30. The van der Waals surface area contributed by atoms with E-state index in [2.05, 4.69) is 5.32 Å². The van der Waals surface area contributed by atoms with Crippen LogP contribution in [0.5, 0.6) is 17.2 Å². The Morgan fingerprint density at radius 2 is 1.68 bits per heavy atom. The van der Waals surface area contributed by atoms with Crippen molar-refractivity contribution < 1.29 is 48.8 Å². The number of phenolic OH excluding ortho intramolecular Hbond substituents is 2. The molecule has 0 aliphatic rings. The van der Waals surface area contributed by atoms with Crippen molar-refractivity contribution in [1.29, 1.82) is 0 Å². The summed E-state index contributed by atoms with van der Waals surface area (Å²) in [5.74, 6) is -4.05. The average Bonchev–Trinajstić information content (AvgIpc) is 2.86. The first kappa shape index (κ1) is 29.3. The molecule has 3 rings (SSSR count). The lowest BCUT2D eigenvalue weighted by Crippen LogP contribution is -2.43. The number of hydrogen-bond donors (Lipinski definition) is 6. The van der Waals surface area contributed by atoms with Crippen LogP contribution in [0.4, 0.5) is 0 Å². The molecular weight excluding hydrogens is 504 g/mol. The summed E-state index contributed by atoms with van der Waals surface area (Å²) in [7, 11) is 0. The molecule has 1 atom stereocenters. The number of esters is 1. The minimum atomic E-state index is -1.10. The molecule has 0 aliphatic carbocycles. The number of ether oxygens (including phenoxy) is 1. The number of benzene rings is 2. The Morgan fingerprint density at radius 3 is 2.26 bits per heavy atom. The third-order valence-electron chi connectivity index (χ3n) is 4.96. The summed E-state index contributed by atoms with van der Waals surface area (Å²) >= 11 is 0. The molecule has 1 unspecified atom stereocenters. The van der Waals surface area contributed by atoms with Gasteiger partial charge in [-0.25, -0.2) is 4.79 Å². The molecule has 0 aliphatic heterocycles. The Morgan fingerprint density at radius 1 is 1.05 bits per heavy atom. The van der Waals surface area contributed by atoms with Gasteiger partial charge in [0, 0.05) is 25.0 Å². The first-order chi connectivity index (χ1) is 17.9. The fraction of sp³-hybridized carbons (Fsp3) is 0.240. The van der Waals surface area contributed by atoms with Gasteiger partial charge in [-0.05, 0) is 24.1 Å². The molecule has 0 saturated carbocycles. The molecular formula is C25H26N2O11. The Hall–Kier alpha value is -4.91. The van der Waals surface area contributed by atoms with Gasteiger partial charge in [0.2, 0.25) is 11.3 Å². The molecule has 13 nitrogen and oxygen atoms in total. The molecule has 1 heterocycles. The van der Waals surface area contributed by atoms with E-state index in [0.29, 0.717) is 5.56 Å². The van der Waals surface area contributed by atoms with E-state index < -0.39 is 47.6 Å². The molecule has 13 heteroatoms. The number of aromatic hydroxyl groups is 2. The Bertz CT molecular complexity index is 1380. The van der Waals surface area contributed by atoms with Crippen molar-refractivity contribution in [2.24, 2.45) is 5.73 Å². The minimum absolute atomic E-state index is 0.0247. The summed E-state index contributed by atoms with van der Waals surface area (Å²) in [6.45, 7) is 1.05. The van der Waals surface area contributed by atoms with E-state index in [4.69, 9.17) is 25.1 Å². The lowest BCUT2D eigenvalue weighted by Gasteiger charge is -2.11. The monoisotopic (exact) mass is 530 g/mol. The molecule has 0 bridgehead atoms. The van der Waals surface area contributed by atoms with Gasteiger partial charge in [-0.1, -0.05) is 19.1 Å². The number of phenols is 2. The van der Waals surface area contributed by atoms with Gasteiger partial charge in [0.05, 0.1) is 11.6 Å². The second kappa shape index (κ2) is 13.4. The van der Waals surface area contributed by atoms with Crippen LogP contribution in [0.3, 0.4) is 0 Å². The molecule has 0 saturated heterocycles. The van der Waals surface area contributed by atoms with Gasteiger partial charge in [-0.3, -0.25) is 19.2 Å². The van der Waals surface area contributed by atoms with Gasteiger partial charge in [-0.15, -0.1) is 0 Å². The highest BCUT2D eigenvalue weighted by atomic mass is 16.5. The summed E-state index contributed by atoms with van der Waals surface area (Å²) in [5.41, 5.74) is 5.61. The molecule has 0 radical (unpaired) electrons. The van der Waals surface area contributed by atoms with Crippen LogP contribution >= 0.6 is 0 Å². The summed E-state index contributed by atoms with van der Waals surface area (Å²) in [6.07, 6.45) is 1.01. The van der Waals surface area contributed by atoms with Crippen LogP contribution in [-0.2, 0) is 19.2 Å². The number of nitrogens with two attached hydrogens (primary N) is 1. The number of nitrogens with one attached hydrogen (secondary N) is 1. The topological polar surface area (TPSA) is 227 Å². The number of carbonyl (C=O) groups is 4. The van der Waals surface area contributed by atoms with Crippen molar-refractivity contribution >= 4 is 34.8 Å². The van der Waals surface area contributed by atoms with Crippen LogP contribution < -0.4 is 21.2 Å². The van der Waals surface area contributed by atoms with Crippen molar-refractivity contribution in [3.63, 3.8) is 0 Å². The Balaban J connectivity index is 0.000000926. The molecule has 2 aromatic carbocycles. The maximum absolute atomic E-state index is 12.8.